The largest absolute Gasteiger partial charge is 0.504 e. The summed E-state index contributed by atoms with van der Waals surface area (Å²) in [5.41, 5.74) is 3.16. The number of hydrogen-bond donors (Lipinski definition) is 3. The minimum absolute atomic E-state index is 0.0107. The fourth-order valence-corrected chi connectivity index (χ4v) is 1.98. The summed E-state index contributed by atoms with van der Waals surface area (Å²) in [6.45, 7) is 2.41. The Hall–Kier alpha value is -3.55. The maximum absolute atomic E-state index is 11.8. The molecular formula is C18H19N3O5. The first kappa shape index (κ1) is 18.8. The van der Waals surface area contributed by atoms with Crippen LogP contribution in [0.15, 0.2) is 47.6 Å². The van der Waals surface area contributed by atoms with Gasteiger partial charge in [0, 0.05) is 5.69 Å². The highest BCUT2D eigenvalue weighted by Gasteiger charge is 2.12. The van der Waals surface area contributed by atoms with E-state index < -0.39 is 11.8 Å². The molecule has 0 saturated heterocycles. The van der Waals surface area contributed by atoms with Crippen LogP contribution in [0.5, 0.6) is 17.2 Å². The number of phenols is 1. The van der Waals surface area contributed by atoms with Crippen LogP contribution in [0.25, 0.3) is 0 Å². The van der Waals surface area contributed by atoms with Crippen molar-refractivity contribution in [3.63, 3.8) is 0 Å². The van der Waals surface area contributed by atoms with Crippen LogP contribution < -0.4 is 20.2 Å². The van der Waals surface area contributed by atoms with Gasteiger partial charge in [0.1, 0.15) is 5.75 Å². The van der Waals surface area contributed by atoms with Gasteiger partial charge in [-0.15, -0.1) is 0 Å². The molecule has 0 saturated carbocycles. The number of benzene rings is 2. The molecule has 8 nitrogen and oxygen atoms in total. The summed E-state index contributed by atoms with van der Waals surface area (Å²) in [4.78, 5) is 23.6. The zero-order valence-electron chi connectivity index (χ0n) is 14.4. The normalized spacial score (nSPS) is 10.4. The Bertz CT molecular complexity index is 803. The van der Waals surface area contributed by atoms with Crippen LogP contribution in [0.3, 0.4) is 0 Å². The van der Waals surface area contributed by atoms with Gasteiger partial charge in [0.15, 0.2) is 11.5 Å². The predicted octanol–water partition coefficient (Wildman–Crippen LogP) is 1.89. The molecule has 2 rings (SSSR count). The van der Waals surface area contributed by atoms with Gasteiger partial charge in [-0.2, -0.15) is 5.10 Å². The van der Waals surface area contributed by atoms with Crippen molar-refractivity contribution in [2.24, 2.45) is 5.10 Å². The van der Waals surface area contributed by atoms with Crippen LogP contribution in [0, 0.1) is 0 Å². The second-order valence-electron chi connectivity index (χ2n) is 5.04. The number of nitrogens with one attached hydrogen (secondary N) is 2. The number of hydrazone groups is 1. The van der Waals surface area contributed by atoms with Gasteiger partial charge in [0.2, 0.25) is 0 Å². The highest BCUT2D eigenvalue weighted by atomic mass is 16.5. The third-order valence-electron chi connectivity index (χ3n) is 3.21. The molecule has 2 aromatic carbocycles. The Morgan fingerprint density at radius 2 is 1.88 bits per heavy atom. The van der Waals surface area contributed by atoms with E-state index in [1.54, 1.807) is 30.3 Å². The lowest BCUT2D eigenvalue weighted by Crippen LogP contribution is -2.32. The Morgan fingerprint density at radius 1 is 1.15 bits per heavy atom. The number of nitrogens with zero attached hydrogens (tertiary/aromatic N) is 1. The van der Waals surface area contributed by atoms with Gasteiger partial charge in [-0.25, -0.2) is 5.43 Å². The van der Waals surface area contributed by atoms with Gasteiger partial charge >= 0.3 is 11.8 Å². The molecule has 0 heterocycles. The molecule has 0 aliphatic carbocycles. The number of ether oxygens (including phenoxy) is 2. The highest BCUT2D eigenvalue weighted by molar-refractivity contribution is 6.39. The van der Waals surface area contributed by atoms with Crippen molar-refractivity contribution in [3.8, 4) is 17.2 Å². The molecule has 0 atom stereocenters. The molecule has 26 heavy (non-hydrogen) atoms. The molecule has 0 unspecified atom stereocenters. The Morgan fingerprint density at radius 3 is 2.54 bits per heavy atom. The van der Waals surface area contributed by atoms with E-state index in [1.807, 2.05) is 6.92 Å². The zero-order chi connectivity index (χ0) is 18.9. The lowest BCUT2D eigenvalue weighted by atomic mass is 10.2. The molecule has 0 bridgehead atoms. The van der Waals surface area contributed by atoms with Crippen LogP contribution in [0.1, 0.15) is 12.5 Å². The first-order chi connectivity index (χ1) is 12.5. The van der Waals surface area contributed by atoms with Crippen molar-refractivity contribution in [1.82, 2.24) is 5.43 Å². The van der Waals surface area contributed by atoms with E-state index in [1.165, 1.54) is 25.5 Å². The monoisotopic (exact) mass is 357 g/mol. The Kier molecular flexibility index (Phi) is 6.55. The van der Waals surface area contributed by atoms with Gasteiger partial charge in [-0.05, 0) is 55.0 Å². The van der Waals surface area contributed by atoms with Crippen molar-refractivity contribution in [1.29, 1.82) is 0 Å². The van der Waals surface area contributed by atoms with E-state index in [-0.39, 0.29) is 11.5 Å². The molecule has 0 aromatic heterocycles. The van der Waals surface area contributed by atoms with Crippen molar-refractivity contribution in [2.45, 2.75) is 6.92 Å². The van der Waals surface area contributed by atoms with E-state index in [0.717, 1.165) is 0 Å². The fraction of sp³-hybridized carbons (Fsp3) is 0.167. The number of anilines is 1. The maximum atomic E-state index is 11.8. The zero-order valence-corrected chi connectivity index (χ0v) is 14.4. The molecule has 3 N–H and O–H groups in total. The summed E-state index contributed by atoms with van der Waals surface area (Å²) in [6.07, 6.45) is 1.32. The van der Waals surface area contributed by atoms with E-state index in [0.29, 0.717) is 23.6 Å². The summed E-state index contributed by atoms with van der Waals surface area (Å²) in [5, 5.41) is 15.7. The third kappa shape index (κ3) is 5.23. The van der Waals surface area contributed by atoms with Crippen LogP contribution in [-0.4, -0.2) is 36.9 Å². The molecule has 0 aliphatic heterocycles. The van der Waals surface area contributed by atoms with Crippen molar-refractivity contribution in [2.75, 3.05) is 19.0 Å². The summed E-state index contributed by atoms with van der Waals surface area (Å²) in [7, 11) is 1.42. The number of methoxy groups -OCH3 is 1. The van der Waals surface area contributed by atoms with Crippen molar-refractivity contribution < 1.29 is 24.2 Å². The third-order valence-corrected chi connectivity index (χ3v) is 3.21. The first-order valence-electron chi connectivity index (χ1n) is 7.77. The lowest BCUT2D eigenvalue weighted by Gasteiger charge is -2.06. The van der Waals surface area contributed by atoms with E-state index in [2.05, 4.69) is 15.8 Å². The minimum Gasteiger partial charge on any atom is -0.504 e. The molecule has 136 valence electrons. The van der Waals surface area contributed by atoms with Crippen molar-refractivity contribution >= 4 is 23.7 Å². The molecule has 0 radical (unpaired) electrons. The summed E-state index contributed by atoms with van der Waals surface area (Å²) < 4.78 is 10.3. The standard InChI is InChI=1S/C18H19N3O5/c1-3-26-14-7-5-13(6-8-14)20-17(23)18(24)21-19-11-12-4-9-15(22)16(10-12)25-2/h4-11,22H,3H2,1-2H3,(H,20,23)(H,21,24)/b19-11+. The van der Waals surface area contributed by atoms with Crippen molar-refractivity contribution in [3.05, 3.63) is 48.0 Å². The molecule has 2 aromatic rings. The number of amides is 2. The first-order valence-corrected chi connectivity index (χ1v) is 7.77. The molecular weight excluding hydrogens is 338 g/mol. The Labute approximate surface area is 150 Å². The van der Waals surface area contributed by atoms with Gasteiger partial charge in [0.05, 0.1) is 19.9 Å². The quantitative estimate of drug-likeness (QED) is 0.415. The van der Waals surface area contributed by atoms with E-state index in [9.17, 15) is 14.7 Å². The number of carbonyl (C=O) groups is 2. The molecule has 0 aliphatic rings. The summed E-state index contributed by atoms with van der Waals surface area (Å²) in [6, 6.07) is 11.2. The van der Waals surface area contributed by atoms with Crippen LogP contribution >= 0.6 is 0 Å². The maximum Gasteiger partial charge on any atom is 0.329 e. The summed E-state index contributed by atoms with van der Waals surface area (Å²) >= 11 is 0. The molecule has 0 fully saturated rings. The van der Waals surface area contributed by atoms with Gasteiger partial charge in [0.25, 0.3) is 0 Å². The number of hydrogen-bond acceptors (Lipinski definition) is 6. The highest BCUT2D eigenvalue weighted by Crippen LogP contribution is 2.25. The minimum atomic E-state index is -0.916. The molecule has 8 heteroatoms. The second-order valence-corrected chi connectivity index (χ2v) is 5.04. The van der Waals surface area contributed by atoms with Gasteiger partial charge in [-0.3, -0.25) is 9.59 Å². The topological polar surface area (TPSA) is 109 Å². The van der Waals surface area contributed by atoms with E-state index >= 15 is 0 Å². The number of rotatable bonds is 6. The van der Waals surface area contributed by atoms with E-state index in [4.69, 9.17) is 9.47 Å². The average Bonchev–Trinajstić information content (AvgIpc) is 2.64. The molecule has 2 amide bonds. The SMILES string of the molecule is CCOc1ccc(NC(=O)C(=O)N/N=C/c2ccc(O)c(OC)c2)cc1. The van der Waals surface area contributed by atoms with Crippen LogP contribution in [0.4, 0.5) is 5.69 Å². The summed E-state index contributed by atoms with van der Waals surface area (Å²) in [5.74, 6) is -0.837. The smallest absolute Gasteiger partial charge is 0.329 e. The predicted molar refractivity (Wildman–Crippen MR) is 96.6 cm³/mol. The second kappa shape index (κ2) is 9.07. The van der Waals surface area contributed by atoms with Crippen LogP contribution in [0.2, 0.25) is 0 Å². The number of carbonyl (C=O) groups excluding carboxylic acids is 2. The van der Waals surface area contributed by atoms with Gasteiger partial charge < -0.3 is 19.9 Å². The number of aromatic hydroxyl groups is 1. The Balaban J connectivity index is 1.89. The average molecular weight is 357 g/mol. The van der Waals surface area contributed by atoms with Gasteiger partial charge in [-0.1, -0.05) is 0 Å². The lowest BCUT2D eigenvalue weighted by molar-refractivity contribution is -0.136. The van der Waals surface area contributed by atoms with Crippen LogP contribution in [-0.2, 0) is 9.59 Å². The number of phenolic OH excluding ortho intramolecular Hbond substituents is 1. The molecule has 0 spiro atoms. The fourth-order valence-electron chi connectivity index (χ4n) is 1.98.